The summed E-state index contributed by atoms with van der Waals surface area (Å²) in [4.78, 5) is 0. The van der Waals surface area contributed by atoms with Gasteiger partial charge in [0.05, 0.1) is 0 Å². The third kappa shape index (κ3) is 2.71. The third-order valence-corrected chi connectivity index (χ3v) is 2.74. The molecule has 0 amide bonds. The Morgan fingerprint density at radius 3 is 2.65 bits per heavy atom. The lowest BCUT2D eigenvalue weighted by Crippen LogP contribution is -2.05. The number of halogens is 1. The van der Waals surface area contributed by atoms with Crippen molar-refractivity contribution in [2.75, 3.05) is 7.05 Å². The zero-order valence-corrected chi connectivity index (χ0v) is 10.1. The second kappa shape index (κ2) is 5.11. The predicted molar refractivity (Wildman–Crippen MR) is 69.3 cm³/mol. The van der Waals surface area contributed by atoms with Crippen molar-refractivity contribution in [2.24, 2.45) is 0 Å². The fourth-order valence-corrected chi connectivity index (χ4v) is 1.92. The molecule has 0 saturated carbocycles. The molecule has 0 fully saturated rings. The summed E-state index contributed by atoms with van der Waals surface area (Å²) in [5.41, 5.74) is 3.83. The number of aryl methyl sites for hydroxylation is 1. The Morgan fingerprint density at radius 1 is 1.12 bits per heavy atom. The Bertz CT molecular complexity index is 520. The zero-order chi connectivity index (χ0) is 12.3. The van der Waals surface area contributed by atoms with Gasteiger partial charge in [0.2, 0.25) is 0 Å². The second-order valence-electron chi connectivity index (χ2n) is 4.21. The molecule has 0 spiro atoms. The molecular formula is C15H16FN. The third-order valence-electron chi connectivity index (χ3n) is 2.74. The van der Waals surface area contributed by atoms with E-state index in [0.29, 0.717) is 5.56 Å². The molecule has 0 unspecified atom stereocenters. The van der Waals surface area contributed by atoms with Crippen molar-refractivity contribution in [3.63, 3.8) is 0 Å². The average Bonchev–Trinajstić information content (AvgIpc) is 2.32. The number of rotatable bonds is 3. The average molecular weight is 229 g/mol. The highest BCUT2D eigenvalue weighted by molar-refractivity contribution is 5.65. The molecule has 88 valence electrons. The van der Waals surface area contributed by atoms with Crippen LogP contribution in [-0.4, -0.2) is 7.05 Å². The molecule has 0 saturated heterocycles. The van der Waals surface area contributed by atoms with E-state index in [1.807, 2.05) is 50.4 Å². The van der Waals surface area contributed by atoms with Crippen molar-refractivity contribution >= 4 is 0 Å². The van der Waals surface area contributed by atoms with Crippen LogP contribution in [0.15, 0.2) is 42.5 Å². The summed E-state index contributed by atoms with van der Waals surface area (Å²) in [5.74, 6) is -0.171. The van der Waals surface area contributed by atoms with Crippen LogP contribution in [0.1, 0.15) is 11.1 Å². The van der Waals surface area contributed by atoms with Crippen molar-refractivity contribution in [2.45, 2.75) is 13.5 Å². The Hall–Kier alpha value is -1.67. The lowest BCUT2D eigenvalue weighted by molar-refractivity contribution is 0.630. The van der Waals surface area contributed by atoms with E-state index in [-0.39, 0.29) is 5.82 Å². The highest BCUT2D eigenvalue weighted by Crippen LogP contribution is 2.24. The minimum atomic E-state index is -0.171. The minimum Gasteiger partial charge on any atom is -0.316 e. The Balaban J connectivity index is 2.46. The summed E-state index contributed by atoms with van der Waals surface area (Å²) in [6.45, 7) is 2.76. The van der Waals surface area contributed by atoms with Crippen molar-refractivity contribution in [3.05, 3.63) is 59.4 Å². The van der Waals surface area contributed by atoms with Crippen molar-refractivity contribution in [1.82, 2.24) is 5.32 Å². The first kappa shape index (κ1) is 11.8. The van der Waals surface area contributed by atoms with Crippen LogP contribution in [0.3, 0.4) is 0 Å². The predicted octanol–water partition coefficient (Wildman–Crippen LogP) is 3.52. The standard InChI is InChI=1S/C15H16FN/c1-11-4-3-5-13(8-11)14-9-12(10-17-2)6-7-15(14)16/h3-9,17H,10H2,1-2H3. The summed E-state index contributed by atoms with van der Waals surface area (Å²) in [6, 6.07) is 13.2. The molecule has 2 aromatic carbocycles. The SMILES string of the molecule is CNCc1ccc(F)c(-c2cccc(C)c2)c1. The quantitative estimate of drug-likeness (QED) is 0.849. The molecule has 0 aliphatic heterocycles. The van der Waals surface area contributed by atoms with Gasteiger partial charge in [0, 0.05) is 12.1 Å². The summed E-state index contributed by atoms with van der Waals surface area (Å²) in [6.07, 6.45) is 0. The number of hydrogen-bond donors (Lipinski definition) is 1. The lowest BCUT2D eigenvalue weighted by Gasteiger charge is -2.07. The molecule has 2 rings (SSSR count). The van der Waals surface area contributed by atoms with Crippen LogP contribution in [0.2, 0.25) is 0 Å². The molecule has 0 aliphatic carbocycles. The molecule has 0 atom stereocenters. The van der Waals surface area contributed by atoms with Crippen LogP contribution in [-0.2, 0) is 6.54 Å². The largest absolute Gasteiger partial charge is 0.316 e. The van der Waals surface area contributed by atoms with Crippen molar-refractivity contribution in [1.29, 1.82) is 0 Å². The topological polar surface area (TPSA) is 12.0 Å². The number of nitrogens with one attached hydrogen (secondary N) is 1. The van der Waals surface area contributed by atoms with Gasteiger partial charge in [-0.3, -0.25) is 0 Å². The van der Waals surface area contributed by atoms with Gasteiger partial charge in [-0.25, -0.2) is 4.39 Å². The van der Waals surface area contributed by atoms with E-state index in [0.717, 1.165) is 23.2 Å². The van der Waals surface area contributed by atoms with Crippen molar-refractivity contribution < 1.29 is 4.39 Å². The maximum absolute atomic E-state index is 13.8. The molecule has 1 N–H and O–H groups in total. The maximum atomic E-state index is 13.8. The van der Waals surface area contributed by atoms with Gasteiger partial charge in [0.15, 0.2) is 0 Å². The van der Waals surface area contributed by atoms with E-state index >= 15 is 0 Å². The van der Waals surface area contributed by atoms with Gasteiger partial charge in [0.25, 0.3) is 0 Å². The first-order valence-electron chi connectivity index (χ1n) is 5.71. The summed E-state index contributed by atoms with van der Waals surface area (Å²) < 4.78 is 13.8. The van der Waals surface area contributed by atoms with Gasteiger partial charge < -0.3 is 5.32 Å². The van der Waals surface area contributed by atoms with E-state index in [1.54, 1.807) is 0 Å². The summed E-state index contributed by atoms with van der Waals surface area (Å²) in [7, 11) is 1.88. The lowest BCUT2D eigenvalue weighted by atomic mass is 10.0. The maximum Gasteiger partial charge on any atom is 0.131 e. The van der Waals surface area contributed by atoms with Crippen LogP contribution in [0, 0.1) is 12.7 Å². The van der Waals surface area contributed by atoms with Crippen molar-refractivity contribution in [3.8, 4) is 11.1 Å². The summed E-state index contributed by atoms with van der Waals surface area (Å²) >= 11 is 0. The molecular weight excluding hydrogens is 213 g/mol. The van der Waals surface area contributed by atoms with E-state index in [2.05, 4.69) is 5.32 Å². The first-order chi connectivity index (χ1) is 8.20. The molecule has 17 heavy (non-hydrogen) atoms. The van der Waals surface area contributed by atoms with Crippen LogP contribution in [0.25, 0.3) is 11.1 Å². The van der Waals surface area contributed by atoms with E-state index in [1.165, 1.54) is 6.07 Å². The van der Waals surface area contributed by atoms with Crippen LogP contribution < -0.4 is 5.32 Å². The van der Waals surface area contributed by atoms with Gasteiger partial charge >= 0.3 is 0 Å². The monoisotopic (exact) mass is 229 g/mol. The van der Waals surface area contributed by atoms with E-state index < -0.39 is 0 Å². The molecule has 2 aromatic rings. The first-order valence-corrected chi connectivity index (χ1v) is 5.71. The molecule has 0 radical (unpaired) electrons. The molecule has 0 aromatic heterocycles. The minimum absolute atomic E-state index is 0.171. The van der Waals surface area contributed by atoms with Gasteiger partial charge in [-0.2, -0.15) is 0 Å². The second-order valence-corrected chi connectivity index (χ2v) is 4.21. The Kier molecular flexibility index (Phi) is 3.55. The Labute approximate surface area is 101 Å². The number of hydrogen-bond acceptors (Lipinski definition) is 1. The highest BCUT2D eigenvalue weighted by atomic mass is 19.1. The van der Waals surface area contributed by atoms with Gasteiger partial charge in [-0.15, -0.1) is 0 Å². The van der Waals surface area contributed by atoms with Gasteiger partial charge in [-0.05, 0) is 37.2 Å². The zero-order valence-electron chi connectivity index (χ0n) is 10.1. The normalized spacial score (nSPS) is 10.5. The van der Waals surface area contributed by atoms with Gasteiger partial charge in [0.1, 0.15) is 5.82 Å². The fraction of sp³-hybridized carbons (Fsp3) is 0.200. The van der Waals surface area contributed by atoms with E-state index in [4.69, 9.17) is 0 Å². The summed E-state index contributed by atoms with van der Waals surface area (Å²) in [5, 5.41) is 3.07. The molecule has 1 nitrogen and oxygen atoms in total. The molecule has 0 bridgehead atoms. The van der Waals surface area contributed by atoms with Crippen LogP contribution >= 0.6 is 0 Å². The van der Waals surface area contributed by atoms with Crippen LogP contribution in [0.4, 0.5) is 4.39 Å². The fourth-order valence-electron chi connectivity index (χ4n) is 1.92. The smallest absolute Gasteiger partial charge is 0.131 e. The number of benzene rings is 2. The molecule has 2 heteroatoms. The Morgan fingerprint density at radius 2 is 1.94 bits per heavy atom. The van der Waals surface area contributed by atoms with E-state index in [9.17, 15) is 4.39 Å². The van der Waals surface area contributed by atoms with Crippen LogP contribution in [0.5, 0.6) is 0 Å². The molecule has 0 aliphatic rings. The van der Waals surface area contributed by atoms with Gasteiger partial charge in [-0.1, -0.05) is 35.9 Å². The highest BCUT2D eigenvalue weighted by Gasteiger charge is 2.06. The molecule has 0 heterocycles.